The summed E-state index contributed by atoms with van der Waals surface area (Å²) in [7, 11) is 0. The quantitative estimate of drug-likeness (QED) is 0.831. The second-order valence-electron chi connectivity index (χ2n) is 4.81. The van der Waals surface area contributed by atoms with Gasteiger partial charge in [-0.2, -0.15) is 0 Å². The third-order valence-corrected chi connectivity index (χ3v) is 3.82. The summed E-state index contributed by atoms with van der Waals surface area (Å²) in [4.78, 5) is 14.8. The van der Waals surface area contributed by atoms with Crippen molar-refractivity contribution >= 4 is 23.1 Å². The summed E-state index contributed by atoms with van der Waals surface area (Å²) in [6.45, 7) is 3.41. The van der Waals surface area contributed by atoms with E-state index < -0.39 is 0 Å². The van der Waals surface area contributed by atoms with Gasteiger partial charge in [-0.3, -0.25) is 4.79 Å². The molecular formula is C14H18N2OS. The number of hydrogen-bond donors (Lipinski definition) is 1. The van der Waals surface area contributed by atoms with Gasteiger partial charge in [0.1, 0.15) is 0 Å². The predicted octanol–water partition coefficient (Wildman–Crippen LogP) is 2.13. The summed E-state index contributed by atoms with van der Waals surface area (Å²) >= 11 is 5.04. The Morgan fingerprint density at radius 1 is 1.44 bits per heavy atom. The molecule has 96 valence electrons. The Morgan fingerprint density at radius 3 is 2.83 bits per heavy atom. The normalized spacial score (nSPS) is 19.6. The van der Waals surface area contributed by atoms with Crippen molar-refractivity contribution in [2.45, 2.75) is 19.8 Å². The molecule has 0 aliphatic carbocycles. The third kappa shape index (κ3) is 2.70. The van der Waals surface area contributed by atoms with Crippen LogP contribution in [0.25, 0.3) is 0 Å². The van der Waals surface area contributed by atoms with Crippen molar-refractivity contribution in [3.63, 3.8) is 0 Å². The fraction of sp³-hybridized carbons (Fsp3) is 0.429. The molecule has 0 radical (unpaired) electrons. The van der Waals surface area contributed by atoms with E-state index in [9.17, 15) is 4.79 Å². The fourth-order valence-corrected chi connectivity index (χ4v) is 2.57. The first kappa shape index (κ1) is 13.0. The lowest BCUT2D eigenvalue weighted by Crippen LogP contribution is -2.43. The van der Waals surface area contributed by atoms with Crippen LogP contribution < -0.4 is 5.73 Å². The van der Waals surface area contributed by atoms with E-state index in [4.69, 9.17) is 18.0 Å². The number of aryl methyl sites for hydroxylation is 1. The molecule has 4 heteroatoms. The highest BCUT2D eigenvalue weighted by Gasteiger charge is 2.26. The summed E-state index contributed by atoms with van der Waals surface area (Å²) in [5.74, 6) is 0.260. The molecule has 0 aromatic heterocycles. The number of benzene rings is 1. The Hall–Kier alpha value is -1.42. The van der Waals surface area contributed by atoms with Crippen molar-refractivity contribution in [1.29, 1.82) is 0 Å². The average Bonchev–Trinajstić information content (AvgIpc) is 2.38. The number of thiocarbonyl (C=S) groups is 1. The first-order valence-corrected chi connectivity index (χ1v) is 6.64. The molecule has 1 aromatic rings. The third-order valence-electron chi connectivity index (χ3n) is 3.49. The molecule has 0 bridgehead atoms. The summed E-state index contributed by atoms with van der Waals surface area (Å²) in [6, 6.07) is 7.68. The van der Waals surface area contributed by atoms with Gasteiger partial charge in [-0.15, -0.1) is 0 Å². The summed E-state index contributed by atoms with van der Waals surface area (Å²) < 4.78 is 0. The van der Waals surface area contributed by atoms with Crippen molar-refractivity contribution < 1.29 is 4.79 Å². The van der Waals surface area contributed by atoms with Crippen LogP contribution >= 0.6 is 12.2 Å². The van der Waals surface area contributed by atoms with Crippen LogP contribution in [0.15, 0.2) is 24.3 Å². The molecule has 1 saturated heterocycles. The zero-order valence-electron chi connectivity index (χ0n) is 10.6. The molecule has 0 saturated carbocycles. The van der Waals surface area contributed by atoms with E-state index in [1.54, 1.807) is 0 Å². The first-order valence-electron chi connectivity index (χ1n) is 6.24. The first-order chi connectivity index (χ1) is 8.59. The van der Waals surface area contributed by atoms with Gasteiger partial charge in [-0.25, -0.2) is 0 Å². The Bertz CT molecular complexity index is 473. The van der Waals surface area contributed by atoms with Crippen LogP contribution in [0.3, 0.4) is 0 Å². The second kappa shape index (κ2) is 5.48. The number of carbonyl (C=O) groups is 1. The van der Waals surface area contributed by atoms with Crippen molar-refractivity contribution in [3.05, 3.63) is 35.4 Å². The standard InChI is InChI=1S/C14H18N2OS/c1-10-5-2-3-7-12(10)14(17)16-8-4-6-11(9-16)13(15)18/h2-3,5,7,11H,4,6,8-9H2,1H3,(H2,15,18). The number of likely N-dealkylation sites (tertiary alicyclic amines) is 1. The Kier molecular flexibility index (Phi) is 3.97. The molecule has 3 nitrogen and oxygen atoms in total. The summed E-state index contributed by atoms with van der Waals surface area (Å²) in [5, 5.41) is 0. The summed E-state index contributed by atoms with van der Waals surface area (Å²) in [6.07, 6.45) is 1.96. The molecule has 18 heavy (non-hydrogen) atoms. The zero-order valence-corrected chi connectivity index (χ0v) is 11.4. The van der Waals surface area contributed by atoms with Crippen LogP contribution in [-0.4, -0.2) is 28.9 Å². The van der Waals surface area contributed by atoms with E-state index >= 15 is 0 Å². The highest BCUT2D eigenvalue weighted by molar-refractivity contribution is 7.80. The molecule has 1 aromatic carbocycles. The number of hydrogen-bond acceptors (Lipinski definition) is 2. The van der Waals surface area contributed by atoms with Gasteiger partial charge in [-0.05, 0) is 31.4 Å². The average molecular weight is 262 g/mol. The van der Waals surface area contributed by atoms with Gasteiger partial charge < -0.3 is 10.6 Å². The molecule has 1 unspecified atom stereocenters. The lowest BCUT2D eigenvalue weighted by Gasteiger charge is -2.32. The molecule has 1 aliphatic rings. The predicted molar refractivity (Wildman–Crippen MR) is 76.6 cm³/mol. The minimum absolute atomic E-state index is 0.0917. The molecule has 1 atom stereocenters. The Labute approximate surface area is 113 Å². The molecule has 2 N–H and O–H groups in total. The monoisotopic (exact) mass is 262 g/mol. The van der Waals surface area contributed by atoms with Crippen LogP contribution in [0, 0.1) is 12.8 Å². The number of amides is 1. The van der Waals surface area contributed by atoms with Gasteiger partial charge in [0.15, 0.2) is 0 Å². The van der Waals surface area contributed by atoms with Gasteiger partial charge in [0.25, 0.3) is 5.91 Å². The van der Waals surface area contributed by atoms with E-state index in [2.05, 4.69) is 0 Å². The van der Waals surface area contributed by atoms with Crippen molar-refractivity contribution in [2.75, 3.05) is 13.1 Å². The van der Waals surface area contributed by atoms with Gasteiger partial charge in [0.05, 0.1) is 4.99 Å². The maximum atomic E-state index is 12.4. The molecular weight excluding hydrogens is 244 g/mol. The molecule has 1 fully saturated rings. The van der Waals surface area contributed by atoms with Crippen molar-refractivity contribution in [3.8, 4) is 0 Å². The number of nitrogens with zero attached hydrogens (tertiary/aromatic N) is 1. The largest absolute Gasteiger partial charge is 0.393 e. The van der Waals surface area contributed by atoms with E-state index in [0.29, 0.717) is 11.5 Å². The lowest BCUT2D eigenvalue weighted by molar-refractivity contribution is 0.0703. The second-order valence-corrected chi connectivity index (χ2v) is 5.28. The van der Waals surface area contributed by atoms with E-state index in [1.165, 1.54) is 0 Å². The van der Waals surface area contributed by atoms with E-state index in [1.807, 2.05) is 36.1 Å². The minimum atomic E-state index is 0.0917. The Balaban J connectivity index is 2.14. The summed E-state index contributed by atoms with van der Waals surface area (Å²) in [5.41, 5.74) is 7.48. The van der Waals surface area contributed by atoms with Gasteiger partial charge >= 0.3 is 0 Å². The molecule has 1 amide bonds. The number of carbonyl (C=O) groups excluding carboxylic acids is 1. The topological polar surface area (TPSA) is 46.3 Å². The number of nitrogens with two attached hydrogens (primary N) is 1. The van der Waals surface area contributed by atoms with E-state index in [0.717, 1.165) is 30.5 Å². The number of rotatable bonds is 2. The van der Waals surface area contributed by atoms with Gasteiger partial charge in [-0.1, -0.05) is 30.4 Å². The molecule has 1 aliphatic heterocycles. The Morgan fingerprint density at radius 2 is 2.17 bits per heavy atom. The molecule has 2 rings (SSSR count). The van der Waals surface area contributed by atoms with Crippen molar-refractivity contribution in [2.24, 2.45) is 11.7 Å². The molecule has 1 heterocycles. The van der Waals surface area contributed by atoms with Crippen LogP contribution in [0.2, 0.25) is 0 Å². The van der Waals surface area contributed by atoms with Gasteiger partial charge in [0.2, 0.25) is 0 Å². The van der Waals surface area contributed by atoms with Crippen molar-refractivity contribution in [1.82, 2.24) is 4.90 Å². The number of piperidine rings is 1. The highest BCUT2D eigenvalue weighted by Crippen LogP contribution is 2.20. The van der Waals surface area contributed by atoms with E-state index in [-0.39, 0.29) is 11.8 Å². The minimum Gasteiger partial charge on any atom is -0.393 e. The maximum absolute atomic E-state index is 12.4. The van der Waals surface area contributed by atoms with Crippen LogP contribution in [-0.2, 0) is 0 Å². The van der Waals surface area contributed by atoms with Gasteiger partial charge in [0, 0.05) is 24.6 Å². The smallest absolute Gasteiger partial charge is 0.254 e. The fourth-order valence-electron chi connectivity index (χ4n) is 2.38. The maximum Gasteiger partial charge on any atom is 0.254 e. The molecule has 0 spiro atoms. The zero-order chi connectivity index (χ0) is 13.1. The van der Waals surface area contributed by atoms with Crippen LogP contribution in [0.4, 0.5) is 0 Å². The van der Waals surface area contributed by atoms with Crippen LogP contribution in [0.5, 0.6) is 0 Å². The highest BCUT2D eigenvalue weighted by atomic mass is 32.1. The lowest BCUT2D eigenvalue weighted by atomic mass is 9.97. The SMILES string of the molecule is Cc1ccccc1C(=O)N1CCCC(C(N)=S)C1. The van der Waals surface area contributed by atoms with Crippen LogP contribution in [0.1, 0.15) is 28.8 Å².